The second-order valence-electron chi connectivity index (χ2n) is 22.2. The highest BCUT2D eigenvalue weighted by Crippen LogP contribution is 2.38. The minimum Gasteiger partial charge on any atom is -0.477 e. The molecule has 0 radical (unpaired) electrons. The number of amides is 2. The van der Waals surface area contributed by atoms with Crippen molar-refractivity contribution < 1.29 is 109 Å². The van der Waals surface area contributed by atoms with Crippen LogP contribution in [0.1, 0.15) is 187 Å². The first kappa shape index (κ1) is 72.7. The number of aliphatic carboxylic acids is 1. The first-order chi connectivity index (χ1) is 38.9. The van der Waals surface area contributed by atoms with Gasteiger partial charge >= 0.3 is 5.97 Å². The monoisotopic (exact) mass is 1170 g/mol. The van der Waals surface area contributed by atoms with Crippen LogP contribution in [0.3, 0.4) is 0 Å². The molecule has 15 N–H and O–H groups in total. The zero-order chi connectivity index (χ0) is 59.7. The molecule has 0 aliphatic carbocycles. The largest absolute Gasteiger partial charge is 0.477 e. The number of allylic oxidation sites excluding steroid dienone is 1. The highest BCUT2D eigenvalue weighted by molar-refractivity contribution is 5.78. The minimum atomic E-state index is -3.14. The van der Waals surface area contributed by atoms with Gasteiger partial charge < -0.3 is 105 Å². The summed E-state index contributed by atoms with van der Waals surface area (Å²) in [5, 5.41) is 144. The van der Waals surface area contributed by atoms with Crippen molar-refractivity contribution in [1.82, 2.24) is 10.6 Å². The van der Waals surface area contributed by atoms with Crippen LogP contribution in [0.4, 0.5) is 0 Å². The molecule has 3 heterocycles. The van der Waals surface area contributed by atoms with Gasteiger partial charge in [0.1, 0.15) is 73.8 Å². The van der Waals surface area contributed by atoms with Crippen molar-refractivity contribution in [3.05, 3.63) is 12.2 Å². The molecule has 3 aliphatic rings. The maximum Gasteiger partial charge on any atom is 0.364 e. The third-order valence-electron chi connectivity index (χ3n) is 15.6. The lowest BCUT2D eigenvalue weighted by Crippen LogP contribution is -2.71. The van der Waals surface area contributed by atoms with Gasteiger partial charge in [-0.1, -0.05) is 167 Å². The van der Waals surface area contributed by atoms with Gasteiger partial charge in [-0.2, -0.15) is 0 Å². The molecule has 18 atom stereocenters. The average Bonchev–Trinajstić information content (AvgIpc) is 3.63. The first-order valence-electron chi connectivity index (χ1n) is 30.2. The van der Waals surface area contributed by atoms with Crippen LogP contribution in [0.2, 0.25) is 0 Å². The Labute approximate surface area is 478 Å². The number of hydrogen-bond acceptors (Lipinski definition) is 21. The molecule has 0 unspecified atom stereocenters. The summed E-state index contributed by atoms with van der Waals surface area (Å²) in [4.78, 5) is 38.5. The van der Waals surface area contributed by atoms with Crippen LogP contribution < -0.4 is 10.6 Å². The van der Waals surface area contributed by atoms with E-state index in [2.05, 4.69) is 24.5 Å². The van der Waals surface area contributed by atoms with Crippen molar-refractivity contribution in [2.24, 2.45) is 0 Å². The number of carbonyl (C=O) groups excluding carboxylic acids is 2. The summed E-state index contributed by atoms with van der Waals surface area (Å²) in [6.07, 6.45) is 2.00. The van der Waals surface area contributed by atoms with Gasteiger partial charge in [-0.25, -0.2) is 4.79 Å². The molecule has 474 valence electrons. The zero-order valence-electron chi connectivity index (χ0n) is 48.1. The maximum absolute atomic E-state index is 13.3. The van der Waals surface area contributed by atoms with Crippen molar-refractivity contribution >= 4 is 17.8 Å². The van der Waals surface area contributed by atoms with Gasteiger partial charge in [0, 0.05) is 12.8 Å². The maximum atomic E-state index is 13.3. The summed E-state index contributed by atoms with van der Waals surface area (Å²) in [5.74, 6) is -6.62. The predicted octanol–water partition coefficient (Wildman–Crippen LogP) is 1.36. The second-order valence-corrected chi connectivity index (χ2v) is 22.2. The molecule has 24 heteroatoms. The summed E-state index contributed by atoms with van der Waals surface area (Å²) in [6.45, 7) is -0.186. The third-order valence-corrected chi connectivity index (χ3v) is 15.6. The van der Waals surface area contributed by atoms with Crippen LogP contribution in [0.25, 0.3) is 0 Å². The summed E-state index contributed by atoms with van der Waals surface area (Å²) in [7, 11) is 0. The molecule has 3 saturated heterocycles. The average molecular weight is 1170 g/mol. The molecule has 0 saturated carbocycles. The summed E-state index contributed by atoms with van der Waals surface area (Å²) in [5.41, 5.74) is 0. The Morgan fingerprint density at radius 2 is 1.15 bits per heavy atom. The van der Waals surface area contributed by atoms with Gasteiger partial charge in [-0.3, -0.25) is 9.59 Å². The fraction of sp³-hybridized carbons (Fsp3) is 0.912. The molecule has 3 aliphatic heterocycles. The normalized spacial score (nSPS) is 30.5. The number of carboxylic acid groups (broad SMARTS) is 1. The van der Waals surface area contributed by atoms with Gasteiger partial charge in [-0.15, -0.1) is 0 Å². The minimum absolute atomic E-state index is 0.196. The molecule has 81 heavy (non-hydrogen) atoms. The Morgan fingerprint density at radius 3 is 1.65 bits per heavy atom. The molecule has 0 aromatic carbocycles. The third kappa shape index (κ3) is 24.7. The number of nitrogens with one attached hydrogen (secondary N) is 2. The van der Waals surface area contributed by atoms with Gasteiger partial charge in [0.25, 0.3) is 5.79 Å². The van der Waals surface area contributed by atoms with E-state index < -0.39 is 161 Å². The SMILES string of the molecule is CCCCCCCCCCCCC/C=C/[C@@H](O)[C@H](CO[C@@H]1O[C@H](CO)[C@@H](O[C@@H]2O[C@H](CO)[C@H](O)[C@H](O[C@]3(C(=O)O)C[C@H](O)[C@@H](NC(=O)CO)[C@H]([C@H](O)[C@H](O)CO)O3)[C@H]2O)[C@H](O)[C@H]1O)NC(=O)CCCCCCCCCCCCCCC. The topological polar surface area (TPSA) is 394 Å². The molecule has 3 rings (SSSR count). The van der Waals surface area contributed by atoms with E-state index in [9.17, 15) is 80.8 Å². The molecule has 0 aromatic rings. The lowest BCUT2D eigenvalue weighted by molar-refractivity contribution is -0.386. The van der Waals surface area contributed by atoms with Crippen LogP contribution in [0, 0.1) is 0 Å². The molecular weight excluding hydrogens is 1060 g/mol. The van der Waals surface area contributed by atoms with Crippen molar-refractivity contribution in [2.45, 2.75) is 297 Å². The summed E-state index contributed by atoms with van der Waals surface area (Å²) < 4.78 is 34.5. The van der Waals surface area contributed by atoms with Gasteiger partial charge in [0.2, 0.25) is 11.8 Å². The van der Waals surface area contributed by atoms with E-state index in [4.69, 9.17) is 28.4 Å². The number of unbranched alkanes of at least 4 members (excludes halogenated alkanes) is 23. The Bertz CT molecular complexity index is 1720. The molecule has 2 amide bonds. The van der Waals surface area contributed by atoms with E-state index in [1.165, 1.54) is 103 Å². The van der Waals surface area contributed by atoms with E-state index in [1.54, 1.807) is 6.08 Å². The molecular formula is C57H104N2O22. The van der Waals surface area contributed by atoms with Crippen molar-refractivity contribution in [2.75, 3.05) is 33.0 Å². The zero-order valence-corrected chi connectivity index (χ0v) is 48.1. The van der Waals surface area contributed by atoms with Crippen molar-refractivity contribution in [3.8, 4) is 0 Å². The molecule has 0 bridgehead atoms. The lowest BCUT2D eigenvalue weighted by Gasteiger charge is -2.50. The Kier molecular flexibility index (Phi) is 36.5. The molecule has 3 fully saturated rings. The lowest BCUT2D eigenvalue weighted by atomic mass is 9.88. The number of rotatable bonds is 44. The smallest absolute Gasteiger partial charge is 0.364 e. The van der Waals surface area contributed by atoms with Crippen molar-refractivity contribution in [3.63, 3.8) is 0 Å². The Hall–Kier alpha value is -2.57. The first-order valence-corrected chi connectivity index (χ1v) is 30.2. The summed E-state index contributed by atoms with van der Waals surface area (Å²) in [6, 6.07) is -2.77. The van der Waals surface area contributed by atoms with Crippen LogP contribution in [0.15, 0.2) is 12.2 Å². The number of ether oxygens (including phenoxy) is 6. The highest BCUT2D eigenvalue weighted by atomic mass is 16.8. The number of hydrogen-bond donors (Lipinski definition) is 15. The van der Waals surface area contributed by atoms with Crippen LogP contribution in [0.5, 0.6) is 0 Å². The molecule has 24 nitrogen and oxygen atoms in total. The van der Waals surface area contributed by atoms with Gasteiger partial charge in [-0.05, 0) is 19.3 Å². The fourth-order valence-electron chi connectivity index (χ4n) is 10.6. The van der Waals surface area contributed by atoms with Crippen LogP contribution in [-0.4, -0.2) is 227 Å². The standard InChI is InChI=1S/C57H104N2O22/c1-3-5-7-9-11-13-15-17-19-21-23-25-27-29-38(64)37(58-43(67)30-28-26-24-22-20-18-16-14-12-10-8-6-4-2)36-76-54-49(72)48(71)51(42(34-62)78-54)79-55-50(73)53(47(70)41(33-61)77-55)81-57(56(74)75)31-39(65)45(59-44(68)35-63)52(80-57)46(69)40(66)32-60/h27,29,37-42,45-55,60-66,69-73H,3-26,28,30-36H2,1-2H3,(H,58,67)(H,59,68)(H,74,75)/b29-27+/t37-,38+,39-,40+,41+,42+,45+,46+,47-,48+,49+,50+,51+,52+,53-,54+,55-,57-/m0/s1. The second kappa shape index (κ2) is 40.7. The molecule has 0 spiro atoms. The number of aliphatic hydroxyl groups is 12. The highest BCUT2D eigenvalue weighted by Gasteiger charge is 2.60. The number of aliphatic hydroxyl groups excluding tert-OH is 12. The Morgan fingerprint density at radius 1 is 0.630 bits per heavy atom. The van der Waals surface area contributed by atoms with Crippen molar-refractivity contribution in [1.29, 1.82) is 0 Å². The predicted molar refractivity (Wildman–Crippen MR) is 294 cm³/mol. The number of carbonyl (C=O) groups is 3. The van der Waals surface area contributed by atoms with Gasteiger partial charge in [0.15, 0.2) is 12.6 Å². The fourth-order valence-corrected chi connectivity index (χ4v) is 10.6. The van der Waals surface area contributed by atoms with Crippen LogP contribution >= 0.6 is 0 Å². The van der Waals surface area contributed by atoms with E-state index in [-0.39, 0.29) is 12.3 Å². The van der Waals surface area contributed by atoms with Crippen LogP contribution in [-0.2, 0) is 42.8 Å². The Balaban J connectivity index is 1.69. The summed E-state index contributed by atoms with van der Waals surface area (Å²) >= 11 is 0. The van der Waals surface area contributed by atoms with E-state index in [0.29, 0.717) is 12.8 Å². The number of carboxylic acids is 1. The quantitative estimate of drug-likeness (QED) is 0.0302. The van der Waals surface area contributed by atoms with E-state index >= 15 is 0 Å². The van der Waals surface area contributed by atoms with E-state index in [1.807, 2.05) is 6.08 Å². The van der Waals surface area contributed by atoms with Gasteiger partial charge in [0.05, 0.1) is 50.7 Å². The van der Waals surface area contributed by atoms with E-state index in [0.717, 1.165) is 44.9 Å². The molecule has 0 aromatic heterocycles.